The first-order valence-corrected chi connectivity index (χ1v) is 7.57. The van der Waals surface area contributed by atoms with E-state index in [0.29, 0.717) is 6.42 Å². The Kier molecular flexibility index (Phi) is 3.80. The van der Waals surface area contributed by atoms with Crippen LogP contribution in [0.25, 0.3) is 0 Å². The highest BCUT2D eigenvalue weighted by atomic mass is 19.3. The predicted octanol–water partition coefficient (Wildman–Crippen LogP) is 1.31. The van der Waals surface area contributed by atoms with Crippen molar-refractivity contribution in [1.29, 1.82) is 0 Å². The van der Waals surface area contributed by atoms with E-state index in [1.807, 2.05) is 0 Å². The lowest BCUT2D eigenvalue weighted by Gasteiger charge is -2.29. The van der Waals surface area contributed by atoms with Crippen molar-refractivity contribution in [3.05, 3.63) is 0 Å². The van der Waals surface area contributed by atoms with Gasteiger partial charge in [0, 0.05) is 11.8 Å². The number of fused-ring (bicyclic) bond motifs is 1. The second kappa shape index (κ2) is 5.42. The average molecular weight is 332 g/mol. The van der Waals surface area contributed by atoms with E-state index in [4.69, 9.17) is 9.47 Å². The minimum atomic E-state index is -3.23. The highest BCUT2D eigenvalue weighted by Gasteiger charge is 2.63. The third-order valence-corrected chi connectivity index (χ3v) is 4.96. The second-order valence-corrected chi connectivity index (χ2v) is 7.07. The van der Waals surface area contributed by atoms with Gasteiger partial charge < -0.3 is 14.2 Å². The van der Waals surface area contributed by atoms with Gasteiger partial charge in [-0.2, -0.15) is 8.78 Å². The summed E-state index contributed by atoms with van der Waals surface area (Å²) in [5.41, 5.74) is -1.26. The molecule has 5 unspecified atom stereocenters. The number of carbonyl (C=O) groups excluding carboxylic acids is 3. The molecule has 23 heavy (non-hydrogen) atoms. The number of halogens is 2. The molecule has 128 valence electrons. The quantitative estimate of drug-likeness (QED) is 0.558. The Labute approximate surface area is 131 Å². The monoisotopic (exact) mass is 332 g/mol. The number of esters is 3. The lowest BCUT2D eigenvalue weighted by Crippen LogP contribution is -2.41. The van der Waals surface area contributed by atoms with E-state index in [1.165, 1.54) is 13.8 Å². The van der Waals surface area contributed by atoms with E-state index >= 15 is 0 Å². The van der Waals surface area contributed by atoms with Gasteiger partial charge >= 0.3 is 24.3 Å². The van der Waals surface area contributed by atoms with Crippen LogP contribution in [-0.2, 0) is 28.6 Å². The van der Waals surface area contributed by atoms with Gasteiger partial charge in [-0.1, -0.05) is 0 Å². The summed E-state index contributed by atoms with van der Waals surface area (Å²) in [5.74, 6) is -2.45. The second-order valence-electron chi connectivity index (χ2n) is 7.07. The van der Waals surface area contributed by atoms with Crippen molar-refractivity contribution in [2.45, 2.75) is 45.3 Å². The Morgan fingerprint density at radius 3 is 2.70 bits per heavy atom. The molecule has 3 rings (SSSR count). The maximum Gasteiger partial charge on any atom is 0.373 e. The van der Waals surface area contributed by atoms with Crippen LogP contribution in [0, 0.1) is 23.2 Å². The first-order chi connectivity index (χ1) is 10.7. The van der Waals surface area contributed by atoms with Crippen LogP contribution in [0.3, 0.4) is 0 Å². The molecule has 0 aromatic carbocycles. The summed E-state index contributed by atoms with van der Waals surface area (Å²) >= 11 is 0. The zero-order valence-corrected chi connectivity index (χ0v) is 12.8. The first kappa shape index (κ1) is 16.1. The lowest BCUT2D eigenvalue weighted by atomic mass is 9.87. The molecule has 0 aromatic rings. The Morgan fingerprint density at radius 2 is 2.04 bits per heavy atom. The fraction of sp³-hybridized carbons (Fsp3) is 0.800. The molecule has 3 fully saturated rings. The third-order valence-electron chi connectivity index (χ3n) is 4.96. The van der Waals surface area contributed by atoms with Crippen molar-refractivity contribution in [3.63, 3.8) is 0 Å². The van der Waals surface area contributed by atoms with Gasteiger partial charge in [0.1, 0.15) is 18.8 Å². The van der Waals surface area contributed by atoms with Crippen molar-refractivity contribution in [3.8, 4) is 0 Å². The Hall–Kier alpha value is -1.73. The maximum absolute atomic E-state index is 12.3. The molecule has 1 heterocycles. The molecule has 1 aliphatic heterocycles. The van der Waals surface area contributed by atoms with Crippen molar-refractivity contribution in [1.82, 2.24) is 0 Å². The minimum absolute atomic E-state index is 0.0834. The summed E-state index contributed by atoms with van der Waals surface area (Å²) in [6.45, 7) is 2.40. The molecule has 0 radical (unpaired) electrons. The number of carbonyl (C=O) groups is 3. The molecule has 0 N–H and O–H groups in total. The van der Waals surface area contributed by atoms with Crippen molar-refractivity contribution >= 4 is 17.9 Å². The Bertz CT molecular complexity index is 546. The Balaban J connectivity index is 1.59. The molecule has 6 nitrogen and oxygen atoms in total. The summed E-state index contributed by atoms with van der Waals surface area (Å²) in [6, 6.07) is 0. The summed E-state index contributed by atoms with van der Waals surface area (Å²) in [7, 11) is 0. The molecule has 0 amide bonds. The number of hydrogen-bond acceptors (Lipinski definition) is 6. The third kappa shape index (κ3) is 2.68. The van der Waals surface area contributed by atoms with Gasteiger partial charge in [-0.25, -0.2) is 4.79 Å². The standard InChI is InChI=1S/C15H18F2O6/c1-15(2,5-21-13(19)11(16)17)14(20)23-9-6-3-7-8(4-6)12(18)22-10(7)9/h6-11H,3-5H2,1-2H3. The van der Waals surface area contributed by atoms with E-state index < -0.39 is 42.6 Å². The van der Waals surface area contributed by atoms with E-state index in [2.05, 4.69) is 4.74 Å². The van der Waals surface area contributed by atoms with Crippen LogP contribution in [-0.4, -0.2) is 43.1 Å². The van der Waals surface area contributed by atoms with Crippen molar-refractivity contribution in [2.75, 3.05) is 6.61 Å². The molecule has 0 spiro atoms. The van der Waals surface area contributed by atoms with Crippen molar-refractivity contribution < 1.29 is 37.4 Å². The SMILES string of the molecule is CC(C)(COC(=O)C(F)F)C(=O)OC1C2CC3C(=O)OC1C3C2. The van der Waals surface area contributed by atoms with E-state index in [1.54, 1.807) is 0 Å². The largest absolute Gasteiger partial charge is 0.460 e. The molecule has 3 aliphatic rings. The highest BCUT2D eigenvalue weighted by Crippen LogP contribution is 2.55. The maximum atomic E-state index is 12.3. The molecule has 8 heteroatoms. The summed E-state index contributed by atoms with van der Waals surface area (Å²) in [6.07, 6.45) is -2.70. The number of rotatable bonds is 5. The zero-order chi connectivity index (χ0) is 16.9. The zero-order valence-electron chi connectivity index (χ0n) is 12.8. The molecular formula is C15H18F2O6. The van der Waals surface area contributed by atoms with Gasteiger partial charge in [-0.05, 0) is 26.7 Å². The number of alkyl halides is 2. The van der Waals surface area contributed by atoms with Crippen LogP contribution in [0.4, 0.5) is 8.78 Å². The number of hydrogen-bond donors (Lipinski definition) is 0. The van der Waals surface area contributed by atoms with Crippen LogP contribution in [0.5, 0.6) is 0 Å². The van der Waals surface area contributed by atoms with Gasteiger partial charge in [0.2, 0.25) is 0 Å². The minimum Gasteiger partial charge on any atom is -0.460 e. The molecule has 1 saturated heterocycles. The molecule has 2 bridgehead atoms. The topological polar surface area (TPSA) is 78.9 Å². The highest BCUT2D eigenvalue weighted by molar-refractivity contribution is 5.79. The van der Waals surface area contributed by atoms with Crippen molar-refractivity contribution in [2.24, 2.45) is 23.2 Å². The van der Waals surface area contributed by atoms with E-state index in [0.717, 1.165) is 6.42 Å². The number of ether oxygens (including phenoxy) is 3. The summed E-state index contributed by atoms with van der Waals surface area (Å²) < 4.78 is 39.5. The average Bonchev–Trinajstić information content (AvgIpc) is 3.09. The molecule has 0 aromatic heterocycles. The summed E-state index contributed by atoms with van der Waals surface area (Å²) in [5, 5.41) is 0. The van der Waals surface area contributed by atoms with E-state index in [9.17, 15) is 23.2 Å². The van der Waals surface area contributed by atoms with Gasteiger partial charge in [0.15, 0.2) is 0 Å². The van der Waals surface area contributed by atoms with Crippen LogP contribution in [0.15, 0.2) is 0 Å². The smallest absolute Gasteiger partial charge is 0.373 e. The Morgan fingerprint density at radius 1 is 1.35 bits per heavy atom. The van der Waals surface area contributed by atoms with Crippen LogP contribution >= 0.6 is 0 Å². The van der Waals surface area contributed by atoms with Gasteiger partial charge in [0.25, 0.3) is 0 Å². The van der Waals surface area contributed by atoms with Crippen LogP contribution in [0.2, 0.25) is 0 Å². The summed E-state index contributed by atoms with van der Waals surface area (Å²) in [4.78, 5) is 34.8. The fourth-order valence-electron chi connectivity index (χ4n) is 3.72. The fourth-order valence-corrected chi connectivity index (χ4v) is 3.72. The molecule has 2 saturated carbocycles. The normalized spacial score (nSPS) is 34.7. The molecular weight excluding hydrogens is 314 g/mol. The predicted molar refractivity (Wildman–Crippen MR) is 70.2 cm³/mol. The van der Waals surface area contributed by atoms with Gasteiger partial charge in [-0.15, -0.1) is 0 Å². The van der Waals surface area contributed by atoms with Crippen LogP contribution in [0.1, 0.15) is 26.7 Å². The molecule has 2 aliphatic carbocycles. The first-order valence-electron chi connectivity index (χ1n) is 7.57. The molecule has 5 atom stereocenters. The van der Waals surface area contributed by atoms with Gasteiger partial charge in [-0.3, -0.25) is 9.59 Å². The van der Waals surface area contributed by atoms with Gasteiger partial charge in [0.05, 0.1) is 11.3 Å². The van der Waals surface area contributed by atoms with E-state index in [-0.39, 0.29) is 23.7 Å². The lowest BCUT2D eigenvalue weighted by molar-refractivity contribution is -0.177. The van der Waals surface area contributed by atoms with Crippen LogP contribution < -0.4 is 0 Å².